The van der Waals surface area contributed by atoms with E-state index in [-0.39, 0.29) is 11.9 Å². The Morgan fingerprint density at radius 3 is 2.46 bits per heavy atom. The Bertz CT molecular complexity index is 1130. The summed E-state index contributed by atoms with van der Waals surface area (Å²) in [6.45, 7) is 6.03. The summed E-state index contributed by atoms with van der Waals surface area (Å²) in [6, 6.07) is 17.4. The number of rotatable bonds is 11. The second-order valence-electron chi connectivity index (χ2n) is 9.09. The number of thiophene rings is 1. The fourth-order valence-electron chi connectivity index (χ4n) is 4.22. The van der Waals surface area contributed by atoms with E-state index in [4.69, 9.17) is 10.5 Å². The van der Waals surface area contributed by atoms with Crippen LogP contribution in [0.25, 0.3) is 0 Å². The number of anilines is 2. The predicted molar refractivity (Wildman–Crippen MR) is 149 cm³/mol. The van der Waals surface area contributed by atoms with Gasteiger partial charge in [0.2, 0.25) is 0 Å². The quantitative estimate of drug-likeness (QED) is 0.353. The van der Waals surface area contributed by atoms with E-state index in [0.717, 1.165) is 51.3 Å². The largest absolute Gasteiger partial charge is 0.396 e. The van der Waals surface area contributed by atoms with E-state index < -0.39 is 0 Å². The topological polar surface area (TPSA) is 99.9 Å². The molecule has 0 aliphatic carbocycles. The third-order valence-electron chi connectivity index (χ3n) is 6.36. The van der Waals surface area contributed by atoms with Gasteiger partial charge in [-0.1, -0.05) is 42.5 Å². The number of carbonyl (C=O) groups is 2. The number of amides is 3. The van der Waals surface area contributed by atoms with Gasteiger partial charge in [0.05, 0.1) is 24.6 Å². The van der Waals surface area contributed by atoms with Crippen molar-refractivity contribution in [1.82, 2.24) is 15.1 Å². The Morgan fingerprint density at radius 2 is 1.76 bits per heavy atom. The van der Waals surface area contributed by atoms with Crippen LogP contribution in [0.15, 0.2) is 65.4 Å². The second-order valence-corrected chi connectivity index (χ2v) is 9.83. The van der Waals surface area contributed by atoms with Crippen molar-refractivity contribution in [2.75, 3.05) is 57.0 Å². The zero-order valence-electron chi connectivity index (χ0n) is 21.0. The Labute approximate surface area is 222 Å². The molecular weight excluding hydrogens is 486 g/mol. The van der Waals surface area contributed by atoms with Gasteiger partial charge in [-0.05, 0) is 36.1 Å². The molecule has 0 atom stereocenters. The molecule has 9 heteroatoms. The number of nitrogens with two attached hydrogens (primary N) is 1. The summed E-state index contributed by atoms with van der Waals surface area (Å²) in [7, 11) is 0. The summed E-state index contributed by atoms with van der Waals surface area (Å²) in [5.74, 6) is -0.210. The average molecular weight is 522 g/mol. The Balaban J connectivity index is 1.33. The minimum Gasteiger partial charge on any atom is -0.396 e. The average Bonchev–Trinajstić information content (AvgIpc) is 3.33. The first-order valence-corrected chi connectivity index (χ1v) is 13.6. The summed E-state index contributed by atoms with van der Waals surface area (Å²) in [4.78, 5) is 29.9. The lowest BCUT2D eigenvalue weighted by Gasteiger charge is -2.28. The summed E-state index contributed by atoms with van der Waals surface area (Å²) in [6.07, 6.45) is 1.67. The summed E-state index contributed by atoms with van der Waals surface area (Å²) in [5, 5.41) is 9.52. The highest BCUT2D eigenvalue weighted by Gasteiger charge is 2.16. The van der Waals surface area contributed by atoms with Gasteiger partial charge in [-0.3, -0.25) is 9.69 Å². The highest BCUT2D eigenvalue weighted by atomic mass is 32.1. The van der Waals surface area contributed by atoms with Crippen molar-refractivity contribution in [3.05, 3.63) is 82.0 Å². The van der Waals surface area contributed by atoms with Gasteiger partial charge >= 0.3 is 6.03 Å². The molecule has 4 rings (SSSR count). The minimum atomic E-state index is -0.210. The molecule has 3 aromatic rings. The maximum absolute atomic E-state index is 13.1. The number of nitrogen functional groups attached to an aromatic ring is 1. The van der Waals surface area contributed by atoms with Gasteiger partial charge in [-0.15, -0.1) is 11.3 Å². The molecule has 0 saturated carbocycles. The van der Waals surface area contributed by atoms with Crippen molar-refractivity contribution in [2.24, 2.45) is 0 Å². The van der Waals surface area contributed by atoms with E-state index in [1.807, 2.05) is 40.6 Å². The molecule has 1 aliphatic heterocycles. The van der Waals surface area contributed by atoms with Crippen LogP contribution in [-0.2, 0) is 17.7 Å². The highest BCUT2D eigenvalue weighted by molar-refractivity contribution is 7.09. The molecule has 1 saturated heterocycles. The molecule has 0 bridgehead atoms. The van der Waals surface area contributed by atoms with Gasteiger partial charge in [0, 0.05) is 55.6 Å². The van der Waals surface area contributed by atoms with Crippen LogP contribution < -0.4 is 16.4 Å². The lowest BCUT2D eigenvalue weighted by Crippen LogP contribution is -2.42. The zero-order valence-corrected chi connectivity index (χ0v) is 21.8. The van der Waals surface area contributed by atoms with Crippen LogP contribution in [0.2, 0.25) is 0 Å². The number of carbonyl (C=O) groups excluding carboxylic acids is 2. The number of benzene rings is 2. The van der Waals surface area contributed by atoms with Crippen LogP contribution >= 0.6 is 11.3 Å². The van der Waals surface area contributed by atoms with Crippen LogP contribution in [0.1, 0.15) is 27.9 Å². The Hall–Kier alpha value is -3.40. The van der Waals surface area contributed by atoms with Crippen LogP contribution in [0.5, 0.6) is 0 Å². The third-order valence-corrected chi connectivity index (χ3v) is 7.12. The minimum absolute atomic E-state index is 0.0762. The van der Waals surface area contributed by atoms with Crippen LogP contribution in [-0.4, -0.2) is 67.7 Å². The van der Waals surface area contributed by atoms with E-state index in [1.165, 1.54) is 16.9 Å². The van der Waals surface area contributed by atoms with E-state index in [2.05, 4.69) is 27.7 Å². The highest BCUT2D eigenvalue weighted by Crippen LogP contribution is 2.23. The maximum Gasteiger partial charge on any atom is 0.317 e. The number of nitrogens with zero attached hydrogens (tertiary/aromatic N) is 2. The summed E-state index contributed by atoms with van der Waals surface area (Å²) < 4.78 is 5.44. The molecule has 4 N–H and O–H groups in total. The van der Waals surface area contributed by atoms with Crippen molar-refractivity contribution in [1.29, 1.82) is 0 Å². The number of ether oxygens (including phenoxy) is 1. The molecular formula is C28H35N5O3S. The SMILES string of the molecule is Nc1cscc1NC(=O)c1ccc(CN(CCCN2CCOCC2)C(=O)NCCc2ccccc2)cc1. The molecule has 1 aliphatic rings. The molecule has 8 nitrogen and oxygen atoms in total. The number of nitrogens with one attached hydrogen (secondary N) is 2. The maximum atomic E-state index is 13.1. The Morgan fingerprint density at radius 1 is 1.00 bits per heavy atom. The molecule has 2 aromatic carbocycles. The van der Waals surface area contributed by atoms with Crippen molar-refractivity contribution >= 4 is 34.6 Å². The molecule has 0 unspecified atom stereocenters. The predicted octanol–water partition coefficient (Wildman–Crippen LogP) is 4.06. The smallest absolute Gasteiger partial charge is 0.317 e. The fourth-order valence-corrected chi connectivity index (χ4v) is 4.89. The first-order chi connectivity index (χ1) is 18.1. The molecule has 3 amide bonds. The number of morpholine rings is 1. The molecule has 0 spiro atoms. The lowest BCUT2D eigenvalue weighted by atomic mass is 10.1. The summed E-state index contributed by atoms with van der Waals surface area (Å²) in [5.41, 5.74) is 9.76. The normalized spacial score (nSPS) is 13.7. The standard InChI is InChI=1S/C28H35N5O3S/c29-25-20-37-21-26(25)31-27(34)24-9-7-23(8-10-24)19-33(14-4-13-32-15-17-36-18-16-32)28(35)30-12-11-22-5-2-1-3-6-22/h1-3,5-10,20-21H,4,11-19,29H2,(H,30,35)(H,31,34). The zero-order chi connectivity index (χ0) is 25.9. The van der Waals surface area contributed by atoms with E-state index in [1.54, 1.807) is 17.5 Å². The van der Waals surface area contributed by atoms with Crippen molar-refractivity contribution in [3.8, 4) is 0 Å². The molecule has 37 heavy (non-hydrogen) atoms. The molecule has 2 heterocycles. The van der Waals surface area contributed by atoms with Gasteiger partial charge in [0.15, 0.2) is 0 Å². The number of hydrogen-bond acceptors (Lipinski definition) is 6. The van der Waals surface area contributed by atoms with Crippen LogP contribution in [0, 0.1) is 0 Å². The molecule has 196 valence electrons. The molecule has 0 radical (unpaired) electrons. The van der Waals surface area contributed by atoms with E-state index in [0.29, 0.717) is 36.6 Å². The molecule has 1 aromatic heterocycles. The van der Waals surface area contributed by atoms with Crippen molar-refractivity contribution in [2.45, 2.75) is 19.4 Å². The molecule has 1 fully saturated rings. The van der Waals surface area contributed by atoms with Gasteiger partial charge < -0.3 is 26.0 Å². The van der Waals surface area contributed by atoms with Gasteiger partial charge in [0.25, 0.3) is 5.91 Å². The van der Waals surface area contributed by atoms with E-state index in [9.17, 15) is 9.59 Å². The number of urea groups is 1. The van der Waals surface area contributed by atoms with Gasteiger partial charge in [-0.25, -0.2) is 4.79 Å². The number of hydrogen-bond donors (Lipinski definition) is 3. The monoisotopic (exact) mass is 521 g/mol. The first kappa shape index (κ1) is 26.7. The van der Waals surface area contributed by atoms with Crippen LogP contribution in [0.4, 0.5) is 16.2 Å². The van der Waals surface area contributed by atoms with Crippen molar-refractivity contribution < 1.29 is 14.3 Å². The van der Waals surface area contributed by atoms with Crippen LogP contribution in [0.3, 0.4) is 0 Å². The van der Waals surface area contributed by atoms with Gasteiger partial charge in [-0.2, -0.15) is 0 Å². The lowest BCUT2D eigenvalue weighted by molar-refractivity contribution is 0.0364. The first-order valence-electron chi connectivity index (χ1n) is 12.7. The fraction of sp³-hybridized carbons (Fsp3) is 0.357. The Kier molecular flexibility index (Phi) is 9.93. The van der Waals surface area contributed by atoms with E-state index >= 15 is 0 Å². The van der Waals surface area contributed by atoms with Crippen molar-refractivity contribution in [3.63, 3.8) is 0 Å². The third kappa shape index (κ3) is 8.31. The van der Waals surface area contributed by atoms with Gasteiger partial charge in [0.1, 0.15) is 0 Å². The summed E-state index contributed by atoms with van der Waals surface area (Å²) >= 11 is 1.44. The second kappa shape index (κ2) is 13.8.